The van der Waals surface area contributed by atoms with Gasteiger partial charge in [0.1, 0.15) is 0 Å². The third-order valence-electron chi connectivity index (χ3n) is 3.36. The van der Waals surface area contributed by atoms with Gasteiger partial charge in [0.05, 0.1) is 5.69 Å². The zero-order valence-corrected chi connectivity index (χ0v) is 12.6. The smallest absolute Gasteiger partial charge is 0.185 e. The Labute approximate surface area is 115 Å². The zero-order valence-electron chi connectivity index (χ0n) is 11.8. The second-order valence-electron chi connectivity index (χ2n) is 4.94. The molecule has 2 rings (SSSR count). The molecule has 0 atom stereocenters. The third-order valence-corrected chi connectivity index (χ3v) is 4.49. The average Bonchev–Trinajstić information content (AvgIpc) is 3.14. The molecule has 0 unspecified atom stereocenters. The van der Waals surface area contributed by atoms with E-state index >= 15 is 0 Å². The molecule has 1 N–H and O–H groups in total. The van der Waals surface area contributed by atoms with Crippen molar-refractivity contribution in [2.24, 2.45) is 0 Å². The summed E-state index contributed by atoms with van der Waals surface area (Å²) in [5.41, 5.74) is 1.38. The van der Waals surface area contributed by atoms with Crippen LogP contribution in [0.25, 0.3) is 0 Å². The summed E-state index contributed by atoms with van der Waals surface area (Å²) in [5.74, 6) is 0.754. The Balaban J connectivity index is 2.15. The fraction of sp³-hybridized carbons (Fsp3) is 0.786. The highest BCUT2D eigenvalue weighted by atomic mass is 32.1. The number of rotatable bonds is 8. The summed E-state index contributed by atoms with van der Waals surface area (Å²) in [6.45, 7) is 10.8. The van der Waals surface area contributed by atoms with Gasteiger partial charge in [-0.25, -0.2) is 4.98 Å². The van der Waals surface area contributed by atoms with Crippen molar-refractivity contribution in [3.05, 3.63) is 10.6 Å². The summed E-state index contributed by atoms with van der Waals surface area (Å²) in [7, 11) is 0. The fourth-order valence-corrected chi connectivity index (χ4v) is 3.39. The molecule has 102 valence electrons. The van der Waals surface area contributed by atoms with Crippen LogP contribution in [0, 0.1) is 0 Å². The molecular formula is C14H25N3S. The van der Waals surface area contributed by atoms with Crippen molar-refractivity contribution < 1.29 is 0 Å². The van der Waals surface area contributed by atoms with Crippen molar-refractivity contribution >= 4 is 16.5 Å². The van der Waals surface area contributed by atoms with Gasteiger partial charge in [-0.15, -0.1) is 11.3 Å². The first-order chi connectivity index (χ1) is 8.80. The van der Waals surface area contributed by atoms with E-state index in [1.165, 1.54) is 35.0 Å². The van der Waals surface area contributed by atoms with Crippen LogP contribution in [0.4, 0.5) is 5.13 Å². The molecule has 3 nitrogen and oxygen atoms in total. The Kier molecular flexibility index (Phi) is 5.01. The minimum absolute atomic E-state index is 0.754. The summed E-state index contributed by atoms with van der Waals surface area (Å²) in [6, 6.07) is 0. The van der Waals surface area contributed by atoms with Gasteiger partial charge in [0.25, 0.3) is 0 Å². The number of aromatic nitrogens is 1. The van der Waals surface area contributed by atoms with Gasteiger partial charge in [0.2, 0.25) is 0 Å². The molecule has 18 heavy (non-hydrogen) atoms. The van der Waals surface area contributed by atoms with E-state index in [-0.39, 0.29) is 0 Å². The summed E-state index contributed by atoms with van der Waals surface area (Å²) in [5, 5.41) is 4.67. The van der Waals surface area contributed by atoms with Crippen LogP contribution in [-0.2, 0) is 6.54 Å². The Bertz CT molecular complexity index is 371. The molecule has 1 fully saturated rings. The van der Waals surface area contributed by atoms with Gasteiger partial charge in [-0.1, -0.05) is 13.8 Å². The van der Waals surface area contributed by atoms with Crippen LogP contribution in [0.2, 0.25) is 0 Å². The maximum absolute atomic E-state index is 4.92. The lowest BCUT2D eigenvalue weighted by Crippen LogP contribution is -2.23. The van der Waals surface area contributed by atoms with Gasteiger partial charge < -0.3 is 10.2 Å². The standard InChI is InChI=1S/C14H25N3S/c1-4-9-17(6-3)14-16-13(11-7-8-11)12(18-14)10-15-5-2/h11,15H,4-10H2,1-3H3. The van der Waals surface area contributed by atoms with E-state index in [4.69, 9.17) is 4.98 Å². The van der Waals surface area contributed by atoms with E-state index in [1.54, 1.807) is 0 Å². The van der Waals surface area contributed by atoms with Gasteiger partial charge in [-0.05, 0) is 32.7 Å². The highest BCUT2D eigenvalue weighted by molar-refractivity contribution is 7.15. The maximum Gasteiger partial charge on any atom is 0.185 e. The molecule has 0 amide bonds. The molecule has 1 aromatic heterocycles. The molecule has 0 radical (unpaired) electrons. The topological polar surface area (TPSA) is 28.2 Å². The minimum atomic E-state index is 0.754. The average molecular weight is 267 g/mol. The number of nitrogens with one attached hydrogen (secondary N) is 1. The van der Waals surface area contributed by atoms with E-state index in [1.807, 2.05) is 11.3 Å². The normalized spacial score (nSPS) is 15.1. The van der Waals surface area contributed by atoms with Gasteiger partial charge >= 0.3 is 0 Å². The van der Waals surface area contributed by atoms with E-state index in [0.29, 0.717) is 0 Å². The molecule has 1 aromatic rings. The van der Waals surface area contributed by atoms with Crippen LogP contribution < -0.4 is 10.2 Å². The monoisotopic (exact) mass is 267 g/mol. The summed E-state index contributed by atoms with van der Waals surface area (Å²) in [4.78, 5) is 8.79. The first-order valence-corrected chi connectivity index (χ1v) is 8.07. The summed E-state index contributed by atoms with van der Waals surface area (Å²) < 4.78 is 0. The molecule has 1 saturated carbocycles. The van der Waals surface area contributed by atoms with Crippen LogP contribution in [0.3, 0.4) is 0 Å². The van der Waals surface area contributed by atoms with Crippen molar-refractivity contribution in [2.45, 2.75) is 52.5 Å². The van der Waals surface area contributed by atoms with Crippen LogP contribution in [0.1, 0.15) is 56.5 Å². The van der Waals surface area contributed by atoms with Gasteiger partial charge in [-0.3, -0.25) is 0 Å². The maximum atomic E-state index is 4.92. The van der Waals surface area contributed by atoms with Gasteiger partial charge in [-0.2, -0.15) is 0 Å². The number of nitrogens with zero attached hydrogens (tertiary/aromatic N) is 2. The van der Waals surface area contributed by atoms with E-state index < -0.39 is 0 Å². The zero-order chi connectivity index (χ0) is 13.0. The SMILES string of the molecule is CCCN(CC)c1nc(C2CC2)c(CNCC)s1. The number of anilines is 1. The molecule has 0 aliphatic heterocycles. The van der Waals surface area contributed by atoms with Crippen LogP contribution >= 0.6 is 11.3 Å². The first-order valence-electron chi connectivity index (χ1n) is 7.25. The van der Waals surface area contributed by atoms with Crippen molar-refractivity contribution in [1.29, 1.82) is 0 Å². The molecule has 0 aromatic carbocycles. The largest absolute Gasteiger partial charge is 0.348 e. The van der Waals surface area contributed by atoms with Gasteiger partial charge in [0, 0.05) is 30.4 Å². The highest BCUT2D eigenvalue weighted by Crippen LogP contribution is 2.44. The summed E-state index contributed by atoms with van der Waals surface area (Å²) in [6.07, 6.45) is 3.86. The lowest BCUT2D eigenvalue weighted by Gasteiger charge is -2.18. The quantitative estimate of drug-likeness (QED) is 0.783. The highest BCUT2D eigenvalue weighted by Gasteiger charge is 2.30. The Morgan fingerprint density at radius 2 is 2.11 bits per heavy atom. The summed E-state index contributed by atoms with van der Waals surface area (Å²) >= 11 is 1.89. The molecule has 1 heterocycles. The molecule has 4 heteroatoms. The Morgan fingerprint density at radius 3 is 2.67 bits per heavy atom. The third kappa shape index (κ3) is 3.23. The molecule has 0 saturated heterocycles. The van der Waals surface area contributed by atoms with E-state index in [2.05, 4.69) is 31.0 Å². The Hall–Kier alpha value is -0.610. The second kappa shape index (κ2) is 6.53. The lowest BCUT2D eigenvalue weighted by atomic mass is 10.2. The van der Waals surface area contributed by atoms with Crippen LogP contribution in [-0.4, -0.2) is 24.6 Å². The van der Waals surface area contributed by atoms with Crippen LogP contribution in [0.5, 0.6) is 0 Å². The first kappa shape index (κ1) is 13.8. The van der Waals surface area contributed by atoms with Crippen molar-refractivity contribution in [2.75, 3.05) is 24.5 Å². The van der Waals surface area contributed by atoms with E-state index in [9.17, 15) is 0 Å². The van der Waals surface area contributed by atoms with Crippen LogP contribution in [0.15, 0.2) is 0 Å². The van der Waals surface area contributed by atoms with E-state index in [0.717, 1.165) is 32.1 Å². The molecule has 1 aliphatic carbocycles. The molecule has 0 bridgehead atoms. The number of thiazole rings is 1. The molecule has 0 spiro atoms. The molecular weight excluding hydrogens is 242 g/mol. The predicted molar refractivity (Wildman–Crippen MR) is 79.6 cm³/mol. The van der Waals surface area contributed by atoms with Crippen molar-refractivity contribution in [3.63, 3.8) is 0 Å². The van der Waals surface area contributed by atoms with Crippen molar-refractivity contribution in [1.82, 2.24) is 10.3 Å². The fourth-order valence-electron chi connectivity index (χ4n) is 2.19. The minimum Gasteiger partial charge on any atom is -0.348 e. The number of hydrogen-bond donors (Lipinski definition) is 1. The second-order valence-corrected chi connectivity index (χ2v) is 6.00. The predicted octanol–water partition coefficient (Wildman–Crippen LogP) is 3.37. The Morgan fingerprint density at radius 1 is 1.33 bits per heavy atom. The lowest BCUT2D eigenvalue weighted by molar-refractivity contribution is 0.726. The molecule has 1 aliphatic rings. The van der Waals surface area contributed by atoms with Crippen molar-refractivity contribution in [3.8, 4) is 0 Å². The van der Waals surface area contributed by atoms with Gasteiger partial charge in [0.15, 0.2) is 5.13 Å². The number of hydrogen-bond acceptors (Lipinski definition) is 4.